The molecule has 0 bridgehead atoms. The number of rotatable bonds is 6. The fourth-order valence-electron chi connectivity index (χ4n) is 3.14. The first-order valence-electron chi connectivity index (χ1n) is 9.49. The molecule has 0 unspecified atom stereocenters. The van der Waals surface area contributed by atoms with Crippen molar-refractivity contribution in [1.29, 1.82) is 0 Å². The molecule has 1 aliphatic heterocycles. The first-order chi connectivity index (χ1) is 14.2. The van der Waals surface area contributed by atoms with Gasteiger partial charge in [0.1, 0.15) is 23.3 Å². The lowest BCUT2D eigenvalue weighted by atomic mass is 10.1. The van der Waals surface area contributed by atoms with Gasteiger partial charge in [-0.2, -0.15) is 5.10 Å². The van der Waals surface area contributed by atoms with E-state index in [0.717, 1.165) is 36.0 Å². The normalized spacial score (nSPS) is 13.9. The summed E-state index contributed by atoms with van der Waals surface area (Å²) in [4.78, 5) is 22.8. The number of anilines is 4. The molecule has 3 heterocycles. The summed E-state index contributed by atoms with van der Waals surface area (Å²) in [5.41, 5.74) is 1.83. The molecule has 1 amide bonds. The van der Waals surface area contributed by atoms with E-state index in [1.54, 1.807) is 6.20 Å². The molecule has 3 N–H and O–H groups in total. The van der Waals surface area contributed by atoms with E-state index in [9.17, 15) is 4.79 Å². The standard InChI is InChI=1S/C20H23N7O2/c1-14(28)22-16-4-2-15(3-5-16)12-18-24-19(23-17-6-7-21-26-17)13-20(25-18)27-8-10-29-11-9-27/h2-7,13H,8-12H2,1H3,(H,22,28)(H2,21,23,24,25,26). The Labute approximate surface area is 168 Å². The summed E-state index contributed by atoms with van der Waals surface area (Å²) < 4.78 is 5.46. The van der Waals surface area contributed by atoms with Gasteiger partial charge in [0.2, 0.25) is 5.91 Å². The van der Waals surface area contributed by atoms with Gasteiger partial charge in [0.05, 0.1) is 19.4 Å². The van der Waals surface area contributed by atoms with Crippen LogP contribution in [-0.4, -0.2) is 52.4 Å². The van der Waals surface area contributed by atoms with Gasteiger partial charge in [0.15, 0.2) is 0 Å². The zero-order chi connectivity index (χ0) is 20.1. The molecule has 9 nitrogen and oxygen atoms in total. The second-order valence-corrected chi connectivity index (χ2v) is 6.78. The van der Waals surface area contributed by atoms with Crippen molar-refractivity contribution < 1.29 is 9.53 Å². The number of aromatic nitrogens is 4. The number of hydrogen-bond acceptors (Lipinski definition) is 7. The molecule has 0 atom stereocenters. The monoisotopic (exact) mass is 393 g/mol. The molecule has 1 aliphatic rings. The van der Waals surface area contributed by atoms with Crippen molar-refractivity contribution in [2.24, 2.45) is 0 Å². The Kier molecular flexibility index (Phi) is 5.66. The summed E-state index contributed by atoms with van der Waals surface area (Å²) in [6.07, 6.45) is 2.26. The number of morpholine rings is 1. The van der Waals surface area contributed by atoms with Gasteiger partial charge in [-0.05, 0) is 17.7 Å². The van der Waals surface area contributed by atoms with Crippen LogP contribution in [0, 0.1) is 0 Å². The Hall–Kier alpha value is -3.46. The topological polar surface area (TPSA) is 108 Å². The van der Waals surface area contributed by atoms with Gasteiger partial charge in [0, 0.05) is 44.3 Å². The van der Waals surface area contributed by atoms with Crippen molar-refractivity contribution in [3.05, 3.63) is 54.0 Å². The lowest BCUT2D eigenvalue weighted by Crippen LogP contribution is -2.37. The van der Waals surface area contributed by atoms with Crippen LogP contribution >= 0.6 is 0 Å². The van der Waals surface area contributed by atoms with Gasteiger partial charge < -0.3 is 20.3 Å². The Morgan fingerprint density at radius 2 is 1.97 bits per heavy atom. The number of ether oxygens (including phenoxy) is 1. The van der Waals surface area contributed by atoms with E-state index in [4.69, 9.17) is 9.72 Å². The SMILES string of the molecule is CC(=O)Nc1ccc(Cc2nc(Nc3ccn[nH]3)cc(N3CCOCC3)n2)cc1. The Morgan fingerprint density at radius 1 is 1.17 bits per heavy atom. The van der Waals surface area contributed by atoms with E-state index in [2.05, 4.69) is 30.7 Å². The number of benzene rings is 1. The van der Waals surface area contributed by atoms with Gasteiger partial charge in [0.25, 0.3) is 0 Å². The van der Waals surface area contributed by atoms with E-state index >= 15 is 0 Å². The first-order valence-corrected chi connectivity index (χ1v) is 9.49. The summed E-state index contributed by atoms with van der Waals surface area (Å²) in [5.74, 6) is 2.96. The van der Waals surface area contributed by atoms with Crippen molar-refractivity contribution in [2.75, 3.05) is 41.8 Å². The fourth-order valence-corrected chi connectivity index (χ4v) is 3.14. The maximum absolute atomic E-state index is 11.2. The summed E-state index contributed by atoms with van der Waals surface area (Å²) in [6.45, 7) is 4.46. The van der Waals surface area contributed by atoms with Crippen LogP contribution in [0.3, 0.4) is 0 Å². The zero-order valence-corrected chi connectivity index (χ0v) is 16.2. The summed E-state index contributed by atoms with van der Waals surface area (Å²) in [6, 6.07) is 11.5. The number of nitrogens with one attached hydrogen (secondary N) is 3. The van der Waals surface area contributed by atoms with Crippen molar-refractivity contribution in [2.45, 2.75) is 13.3 Å². The number of carbonyl (C=O) groups is 1. The van der Waals surface area contributed by atoms with Crippen LogP contribution in [0.4, 0.5) is 23.1 Å². The second-order valence-electron chi connectivity index (χ2n) is 6.78. The maximum Gasteiger partial charge on any atom is 0.221 e. The van der Waals surface area contributed by atoms with Crippen LogP contribution in [0.1, 0.15) is 18.3 Å². The highest BCUT2D eigenvalue weighted by atomic mass is 16.5. The summed E-state index contributed by atoms with van der Waals surface area (Å²) >= 11 is 0. The Balaban J connectivity index is 1.57. The van der Waals surface area contributed by atoms with E-state index in [-0.39, 0.29) is 5.91 Å². The molecule has 0 aliphatic carbocycles. The highest BCUT2D eigenvalue weighted by Crippen LogP contribution is 2.21. The van der Waals surface area contributed by atoms with E-state index in [1.807, 2.05) is 36.4 Å². The second kappa shape index (κ2) is 8.70. The van der Waals surface area contributed by atoms with Crippen molar-refractivity contribution >= 4 is 29.0 Å². The molecule has 2 aromatic heterocycles. The molecule has 29 heavy (non-hydrogen) atoms. The number of nitrogens with zero attached hydrogens (tertiary/aromatic N) is 4. The third-order valence-corrected chi connectivity index (χ3v) is 4.49. The molecule has 0 radical (unpaired) electrons. The molecule has 150 valence electrons. The predicted octanol–water partition coefficient (Wildman–Crippen LogP) is 2.33. The fraction of sp³-hybridized carbons (Fsp3) is 0.300. The highest BCUT2D eigenvalue weighted by Gasteiger charge is 2.15. The smallest absolute Gasteiger partial charge is 0.221 e. The number of amides is 1. The molecule has 1 saturated heterocycles. The van der Waals surface area contributed by atoms with Gasteiger partial charge in [-0.15, -0.1) is 0 Å². The van der Waals surface area contributed by atoms with E-state index in [1.165, 1.54) is 6.92 Å². The molecular formula is C20H23N7O2. The minimum atomic E-state index is -0.0891. The van der Waals surface area contributed by atoms with Gasteiger partial charge in [-0.3, -0.25) is 9.89 Å². The molecule has 0 saturated carbocycles. The summed E-state index contributed by atoms with van der Waals surface area (Å²) in [7, 11) is 0. The van der Waals surface area contributed by atoms with Crippen molar-refractivity contribution in [1.82, 2.24) is 20.2 Å². The third-order valence-electron chi connectivity index (χ3n) is 4.49. The number of carbonyl (C=O) groups excluding carboxylic acids is 1. The average molecular weight is 393 g/mol. The van der Waals surface area contributed by atoms with Crippen LogP contribution in [0.5, 0.6) is 0 Å². The molecular weight excluding hydrogens is 370 g/mol. The third kappa shape index (κ3) is 5.08. The van der Waals surface area contributed by atoms with Gasteiger partial charge in [-0.1, -0.05) is 12.1 Å². The number of H-pyrrole nitrogens is 1. The highest BCUT2D eigenvalue weighted by molar-refractivity contribution is 5.88. The lowest BCUT2D eigenvalue weighted by Gasteiger charge is -2.28. The van der Waals surface area contributed by atoms with E-state index < -0.39 is 0 Å². The molecule has 9 heteroatoms. The Morgan fingerprint density at radius 3 is 2.66 bits per heavy atom. The van der Waals surface area contributed by atoms with E-state index in [0.29, 0.717) is 31.3 Å². The minimum Gasteiger partial charge on any atom is -0.378 e. The molecule has 1 aromatic carbocycles. The molecule has 4 rings (SSSR count). The zero-order valence-electron chi connectivity index (χ0n) is 16.2. The summed E-state index contributed by atoms with van der Waals surface area (Å²) in [5, 5.41) is 12.9. The molecule has 1 fully saturated rings. The number of hydrogen-bond donors (Lipinski definition) is 3. The quantitative estimate of drug-likeness (QED) is 0.590. The Bertz CT molecular complexity index is 951. The van der Waals surface area contributed by atoms with Crippen LogP contribution < -0.4 is 15.5 Å². The largest absolute Gasteiger partial charge is 0.378 e. The predicted molar refractivity (Wildman–Crippen MR) is 110 cm³/mol. The van der Waals surface area contributed by atoms with Crippen LogP contribution in [0.25, 0.3) is 0 Å². The first kappa shape index (κ1) is 18.9. The van der Waals surface area contributed by atoms with Gasteiger partial charge >= 0.3 is 0 Å². The molecule has 3 aromatic rings. The van der Waals surface area contributed by atoms with Gasteiger partial charge in [-0.25, -0.2) is 9.97 Å². The maximum atomic E-state index is 11.2. The number of aromatic amines is 1. The average Bonchev–Trinajstić information content (AvgIpc) is 3.23. The van der Waals surface area contributed by atoms with Crippen LogP contribution in [0.15, 0.2) is 42.6 Å². The van der Waals surface area contributed by atoms with Crippen molar-refractivity contribution in [3.8, 4) is 0 Å². The minimum absolute atomic E-state index is 0.0891. The van der Waals surface area contributed by atoms with Crippen molar-refractivity contribution in [3.63, 3.8) is 0 Å². The lowest BCUT2D eigenvalue weighted by molar-refractivity contribution is -0.114. The van der Waals surface area contributed by atoms with Crippen LogP contribution in [-0.2, 0) is 16.0 Å². The molecule has 0 spiro atoms. The van der Waals surface area contributed by atoms with Crippen LogP contribution in [0.2, 0.25) is 0 Å².